The van der Waals surface area contributed by atoms with Gasteiger partial charge < -0.3 is 32.3 Å². The van der Waals surface area contributed by atoms with Crippen LogP contribution in [-0.4, -0.2) is 58.0 Å². The second-order valence-electron chi connectivity index (χ2n) is 5.83. The van der Waals surface area contributed by atoms with E-state index >= 15 is 0 Å². The summed E-state index contributed by atoms with van der Waals surface area (Å²) < 4.78 is 0. The van der Waals surface area contributed by atoms with E-state index in [1.165, 1.54) is 0 Å². The van der Waals surface area contributed by atoms with Crippen molar-refractivity contribution in [1.29, 1.82) is 0 Å². The highest BCUT2D eigenvalue weighted by Gasteiger charge is 2.29. The van der Waals surface area contributed by atoms with Gasteiger partial charge in [-0.25, -0.2) is 0 Å². The lowest BCUT2D eigenvalue weighted by Gasteiger charge is -2.24. The topological polar surface area (TPSA) is 202 Å². The van der Waals surface area contributed by atoms with E-state index in [2.05, 4.69) is 10.6 Å². The zero-order chi connectivity index (χ0) is 19.7. The maximum Gasteiger partial charge on any atom is 0.305 e. The first-order valence-corrected chi connectivity index (χ1v) is 7.54. The van der Waals surface area contributed by atoms with Gasteiger partial charge >= 0.3 is 11.9 Å². The average molecular weight is 360 g/mol. The fourth-order valence-corrected chi connectivity index (χ4v) is 1.92. The van der Waals surface area contributed by atoms with Crippen LogP contribution in [0.2, 0.25) is 0 Å². The van der Waals surface area contributed by atoms with Crippen molar-refractivity contribution in [2.75, 3.05) is 0 Å². The third kappa shape index (κ3) is 8.65. The standard InChI is InChI=1S/C14H24N4O7/c1-6(2)11(12(16)23)18-14(25)8(3-4-9(19)20)17-13(24)7(15)5-10(21)22/h6-8,11H,3-5,15H2,1-2H3,(H2,16,23)(H,17,24)(H,18,25)(H,19,20)(H,21,22)/t7-,8-,11-/m0/s1. The van der Waals surface area contributed by atoms with Crippen LogP contribution in [-0.2, 0) is 24.0 Å². The molecule has 0 radical (unpaired) electrons. The Balaban J connectivity index is 5.10. The average Bonchev–Trinajstić information content (AvgIpc) is 2.46. The molecule has 3 amide bonds. The molecule has 0 aromatic heterocycles. The number of hydrogen-bond acceptors (Lipinski definition) is 6. The second kappa shape index (κ2) is 10.2. The Morgan fingerprint density at radius 1 is 0.960 bits per heavy atom. The summed E-state index contributed by atoms with van der Waals surface area (Å²) in [7, 11) is 0. The summed E-state index contributed by atoms with van der Waals surface area (Å²) in [5, 5.41) is 21.9. The molecule has 0 spiro atoms. The fourth-order valence-electron chi connectivity index (χ4n) is 1.92. The van der Waals surface area contributed by atoms with Crippen LogP contribution in [0.25, 0.3) is 0 Å². The number of amides is 3. The van der Waals surface area contributed by atoms with Gasteiger partial charge in [-0.15, -0.1) is 0 Å². The molecule has 0 rings (SSSR count). The molecule has 0 aliphatic carbocycles. The normalized spacial score (nSPS) is 14.2. The van der Waals surface area contributed by atoms with Gasteiger partial charge in [0.25, 0.3) is 0 Å². The van der Waals surface area contributed by atoms with Crippen molar-refractivity contribution in [3.8, 4) is 0 Å². The molecule has 0 heterocycles. The fraction of sp³-hybridized carbons (Fsp3) is 0.643. The Hall–Kier alpha value is -2.69. The second-order valence-corrected chi connectivity index (χ2v) is 5.83. The smallest absolute Gasteiger partial charge is 0.305 e. The molecule has 0 saturated heterocycles. The Morgan fingerprint density at radius 3 is 1.92 bits per heavy atom. The Kier molecular flexibility index (Phi) is 9.13. The molecule has 0 fully saturated rings. The van der Waals surface area contributed by atoms with E-state index in [0.29, 0.717) is 0 Å². The number of nitrogens with two attached hydrogens (primary N) is 2. The molecule has 0 bridgehead atoms. The van der Waals surface area contributed by atoms with Gasteiger partial charge in [0, 0.05) is 6.42 Å². The molecule has 8 N–H and O–H groups in total. The predicted octanol–water partition coefficient (Wildman–Crippen LogP) is -2.24. The minimum Gasteiger partial charge on any atom is -0.481 e. The minimum atomic E-state index is -1.41. The molecule has 0 aliphatic rings. The number of primary amides is 1. The third-order valence-corrected chi connectivity index (χ3v) is 3.28. The molecule has 3 atom stereocenters. The summed E-state index contributed by atoms with van der Waals surface area (Å²) in [6.07, 6.45) is -1.36. The SMILES string of the molecule is CC(C)[C@H](NC(=O)[C@H](CCC(=O)O)NC(=O)[C@@H](N)CC(=O)O)C(N)=O. The molecular weight excluding hydrogens is 336 g/mol. The Bertz CT molecular complexity index is 535. The summed E-state index contributed by atoms with van der Waals surface area (Å²) in [5.41, 5.74) is 10.6. The zero-order valence-electron chi connectivity index (χ0n) is 14.0. The van der Waals surface area contributed by atoms with E-state index in [4.69, 9.17) is 21.7 Å². The first kappa shape index (κ1) is 22.3. The van der Waals surface area contributed by atoms with Crippen molar-refractivity contribution in [2.24, 2.45) is 17.4 Å². The number of rotatable bonds is 11. The molecular formula is C14H24N4O7. The highest BCUT2D eigenvalue weighted by atomic mass is 16.4. The Morgan fingerprint density at radius 2 is 1.52 bits per heavy atom. The van der Waals surface area contributed by atoms with Crippen LogP contribution in [0.3, 0.4) is 0 Å². The first-order chi connectivity index (χ1) is 11.5. The van der Waals surface area contributed by atoms with E-state index < -0.39 is 60.6 Å². The molecule has 0 unspecified atom stereocenters. The monoisotopic (exact) mass is 360 g/mol. The van der Waals surface area contributed by atoms with Crippen LogP contribution in [0.5, 0.6) is 0 Å². The van der Waals surface area contributed by atoms with E-state index in [-0.39, 0.29) is 12.3 Å². The van der Waals surface area contributed by atoms with Crippen LogP contribution >= 0.6 is 0 Å². The van der Waals surface area contributed by atoms with Gasteiger partial charge in [0.2, 0.25) is 17.7 Å². The summed E-state index contributed by atoms with van der Waals surface area (Å²) in [5.74, 6) is -5.34. The van der Waals surface area contributed by atoms with Crippen molar-refractivity contribution in [1.82, 2.24) is 10.6 Å². The van der Waals surface area contributed by atoms with Gasteiger partial charge in [0.1, 0.15) is 12.1 Å². The lowest BCUT2D eigenvalue weighted by molar-refractivity contribution is -0.140. The molecule has 25 heavy (non-hydrogen) atoms. The molecule has 142 valence electrons. The van der Waals surface area contributed by atoms with E-state index in [0.717, 1.165) is 0 Å². The van der Waals surface area contributed by atoms with Crippen molar-refractivity contribution in [3.63, 3.8) is 0 Å². The largest absolute Gasteiger partial charge is 0.481 e. The summed E-state index contributed by atoms with van der Waals surface area (Å²) in [4.78, 5) is 56.8. The molecule has 0 aromatic rings. The van der Waals surface area contributed by atoms with Gasteiger partial charge in [0.05, 0.1) is 12.5 Å². The predicted molar refractivity (Wildman–Crippen MR) is 85.0 cm³/mol. The van der Waals surface area contributed by atoms with Crippen LogP contribution in [0.15, 0.2) is 0 Å². The van der Waals surface area contributed by atoms with Crippen LogP contribution in [0, 0.1) is 5.92 Å². The number of carbonyl (C=O) groups is 5. The number of aliphatic carboxylic acids is 2. The van der Waals surface area contributed by atoms with Crippen LogP contribution in [0.1, 0.15) is 33.1 Å². The molecule has 0 aromatic carbocycles. The van der Waals surface area contributed by atoms with E-state index in [1.54, 1.807) is 13.8 Å². The third-order valence-electron chi connectivity index (χ3n) is 3.28. The molecule has 0 saturated carbocycles. The minimum absolute atomic E-state index is 0.268. The first-order valence-electron chi connectivity index (χ1n) is 7.54. The Labute approximate surface area is 144 Å². The highest BCUT2D eigenvalue weighted by molar-refractivity contribution is 5.93. The number of nitrogens with one attached hydrogen (secondary N) is 2. The molecule has 11 nitrogen and oxygen atoms in total. The number of carbonyl (C=O) groups excluding carboxylic acids is 3. The van der Waals surface area contributed by atoms with Gasteiger partial charge in [-0.3, -0.25) is 24.0 Å². The number of carboxylic acids is 2. The summed E-state index contributed by atoms with van der Waals surface area (Å²) >= 11 is 0. The number of hydrogen-bond donors (Lipinski definition) is 6. The lowest BCUT2D eigenvalue weighted by atomic mass is 10.0. The number of carboxylic acid groups (broad SMARTS) is 2. The molecule has 0 aliphatic heterocycles. The lowest BCUT2D eigenvalue weighted by Crippen LogP contribution is -2.56. The highest BCUT2D eigenvalue weighted by Crippen LogP contribution is 2.05. The van der Waals surface area contributed by atoms with Gasteiger partial charge in [0.15, 0.2) is 0 Å². The van der Waals surface area contributed by atoms with Crippen molar-refractivity contribution in [3.05, 3.63) is 0 Å². The van der Waals surface area contributed by atoms with Crippen molar-refractivity contribution >= 4 is 29.7 Å². The van der Waals surface area contributed by atoms with Crippen LogP contribution < -0.4 is 22.1 Å². The molecule has 11 heteroatoms. The zero-order valence-corrected chi connectivity index (χ0v) is 14.0. The van der Waals surface area contributed by atoms with E-state index in [9.17, 15) is 24.0 Å². The summed E-state index contributed by atoms with van der Waals surface area (Å²) in [6.45, 7) is 3.28. The van der Waals surface area contributed by atoms with Gasteiger partial charge in [-0.2, -0.15) is 0 Å². The maximum atomic E-state index is 12.3. The van der Waals surface area contributed by atoms with Crippen molar-refractivity contribution < 1.29 is 34.2 Å². The van der Waals surface area contributed by atoms with Gasteiger partial charge in [-0.05, 0) is 12.3 Å². The van der Waals surface area contributed by atoms with Gasteiger partial charge in [-0.1, -0.05) is 13.8 Å². The summed E-state index contributed by atoms with van der Waals surface area (Å²) in [6, 6.07) is -3.72. The van der Waals surface area contributed by atoms with Crippen molar-refractivity contribution in [2.45, 2.75) is 51.2 Å². The quantitative estimate of drug-likeness (QED) is 0.237. The van der Waals surface area contributed by atoms with Crippen LogP contribution in [0.4, 0.5) is 0 Å². The van der Waals surface area contributed by atoms with E-state index in [1.807, 2.05) is 0 Å². The maximum absolute atomic E-state index is 12.3.